The van der Waals surface area contributed by atoms with Crippen molar-refractivity contribution in [3.8, 4) is 0 Å². The van der Waals surface area contributed by atoms with Gasteiger partial charge in [-0.2, -0.15) is 0 Å². The van der Waals surface area contributed by atoms with Crippen LogP contribution in [0.25, 0.3) is 0 Å². The van der Waals surface area contributed by atoms with Gasteiger partial charge in [0.05, 0.1) is 24.2 Å². The van der Waals surface area contributed by atoms with Crippen molar-refractivity contribution < 1.29 is 9.53 Å². The fourth-order valence-corrected chi connectivity index (χ4v) is 4.43. The van der Waals surface area contributed by atoms with Crippen LogP contribution in [0.5, 0.6) is 0 Å². The molecule has 2 aliphatic carbocycles. The highest BCUT2D eigenvalue weighted by Gasteiger charge is 2.54. The molecule has 0 N–H and O–H groups in total. The fourth-order valence-electron chi connectivity index (χ4n) is 4.43. The molecule has 0 bridgehead atoms. The normalized spacial score (nSPS) is 23.2. The number of rotatable bonds is 6. The summed E-state index contributed by atoms with van der Waals surface area (Å²) in [7, 11) is 1.98. The number of nitrogens with zero attached hydrogens (tertiary/aromatic N) is 1. The summed E-state index contributed by atoms with van der Waals surface area (Å²) in [5.74, 6) is 0.270. The van der Waals surface area contributed by atoms with Crippen LogP contribution in [0.2, 0.25) is 0 Å². The predicted octanol–water partition coefficient (Wildman–Crippen LogP) is 4.62. The molecule has 3 nitrogen and oxygen atoms in total. The van der Waals surface area contributed by atoms with Crippen LogP contribution in [0.4, 0.5) is 0 Å². The minimum absolute atomic E-state index is 0.132. The SMILES string of the molecule is Cc1ccc(C2(C(=O)N(C)[C@@H]3CCC[C@H]3OCc3ccccc3)CC2)cc1. The molecular weight excluding hydrogens is 334 g/mol. The largest absolute Gasteiger partial charge is 0.371 e. The molecule has 2 aromatic rings. The molecule has 0 spiro atoms. The highest BCUT2D eigenvalue weighted by molar-refractivity contribution is 5.91. The van der Waals surface area contributed by atoms with E-state index in [9.17, 15) is 4.79 Å². The number of carbonyl (C=O) groups is 1. The lowest BCUT2D eigenvalue weighted by molar-refractivity contribution is -0.137. The van der Waals surface area contributed by atoms with E-state index in [1.165, 1.54) is 16.7 Å². The Labute approximate surface area is 162 Å². The fraction of sp³-hybridized carbons (Fsp3) is 0.458. The lowest BCUT2D eigenvalue weighted by Crippen LogP contribution is -2.47. The van der Waals surface area contributed by atoms with Crippen molar-refractivity contribution in [3.63, 3.8) is 0 Å². The van der Waals surface area contributed by atoms with Gasteiger partial charge >= 0.3 is 0 Å². The Morgan fingerprint density at radius 1 is 1.07 bits per heavy atom. The quantitative estimate of drug-likeness (QED) is 0.749. The molecule has 0 aromatic heterocycles. The van der Waals surface area contributed by atoms with E-state index in [1.54, 1.807) is 0 Å². The van der Waals surface area contributed by atoms with Gasteiger partial charge in [-0.05, 0) is 50.2 Å². The van der Waals surface area contributed by atoms with E-state index >= 15 is 0 Å². The van der Waals surface area contributed by atoms with E-state index in [0.717, 1.165) is 32.1 Å². The van der Waals surface area contributed by atoms with Crippen LogP contribution in [0.1, 0.15) is 48.8 Å². The molecule has 1 amide bonds. The Kier molecular flexibility index (Phi) is 5.05. The van der Waals surface area contributed by atoms with Gasteiger partial charge in [0.1, 0.15) is 0 Å². The number of hydrogen-bond donors (Lipinski definition) is 0. The van der Waals surface area contributed by atoms with Gasteiger partial charge in [-0.3, -0.25) is 4.79 Å². The molecule has 0 radical (unpaired) electrons. The average molecular weight is 364 g/mol. The number of ether oxygens (including phenoxy) is 1. The number of amides is 1. The first-order valence-electron chi connectivity index (χ1n) is 10.1. The van der Waals surface area contributed by atoms with Crippen LogP contribution in [0, 0.1) is 6.92 Å². The molecule has 2 aromatic carbocycles. The zero-order chi connectivity index (χ0) is 18.9. The van der Waals surface area contributed by atoms with E-state index < -0.39 is 0 Å². The second-order valence-corrected chi connectivity index (χ2v) is 8.20. The third-order valence-electron chi connectivity index (χ3n) is 6.31. The second kappa shape index (κ2) is 7.47. The van der Waals surface area contributed by atoms with Crippen molar-refractivity contribution in [1.29, 1.82) is 0 Å². The van der Waals surface area contributed by atoms with Crippen LogP contribution in [0.3, 0.4) is 0 Å². The predicted molar refractivity (Wildman–Crippen MR) is 108 cm³/mol. The van der Waals surface area contributed by atoms with E-state index in [4.69, 9.17) is 4.74 Å². The average Bonchev–Trinajstić information content (AvgIpc) is 3.37. The van der Waals surface area contributed by atoms with Crippen LogP contribution in [0.15, 0.2) is 54.6 Å². The summed E-state index contributed by atoms with van der Waals surface area (Å²) < 4.78 is 6.23. The Bertz CT molecular complexity index is 780. The molecule has 2 atom stereocenters. The first kappa shape index (κ1) is 18.2. The third-order valence-corrected chi connectivity index (χ3v) is 6.31. The molecule has 27 heavy (non-hydrogen) atoms. The molecule has 0 unspecified atom stereocenters. The lowest BCUT2D eigenvalue weighted by atomic mass is 9.93. The van der Waals surface area contributed by atoms with Gasteiger partial charge in [-0.15, -0.1) is 0 Å². The molecule has 0 aliphatic heterocycles. The summed E-state index contributed by atoms with van der Waals surface area (Å²) in [5, 5.41) is 0. The van der Waals surface area contributed by atoms with Crippen LogP contribution < -0.4 is 0 Å². The first-order valence-corrected chi connectivity index (χ1v) is 10.1. The molecule has 142 valence electrons. The number of carbonyl (C=O) groups excluding carboxylic acids is 1. The monoisotopic (exact) mass is 363 g/mol. The smallest absolute Gasteiger partial charge is 0.233 e. The molecule has 2 aliphatic rings. The van der Waals surface area contributed by atoms with E-state index in [1.807, 2.05) is 30.1 Å². The molecule has 4 rings (SSSR count). The number of likely N-dealkylation sites (N-methyl/N-ethyl adjacent to an activating group) is 1. The van der Waals surface area contributed by atoms with Crippen LogP contribution in [-0.2, 0) is 21.6 Å². The number of aryl methyl sites for hydroxylation is 1. The molecule has 0 heterocycles. The summed E-state index contributed by atoms with van der Waals surface area (Å²) in [6.07, 6.45) is 5.24. The minimum Gasteiger partial charge on any atom is -0.371 e. The maximum Gasteiger partial charge on any atom is 0.233 e. The van der Waals surface area contributed by atoms with Gasteiger partial charge in [-0.1, -0.05) is 60.2 Å². The summed E-state index contributed by atoms with van der Waals surface area (Å²) in [5.41, 5.74) is 3.30. The summed E-state index contributed by atoms with van der Waals surface area (Å²) >= 11 is 0. The van der Waals surface area contributed by atoms with Gasteiger partial charge in [-0.25, -0.2) is 0 Å². The van der Waals surface area contributed by atoms with Crippen molar-refractivity contribution >= 4 is 5.91 Å². The van der Waals surface area contributed by atoms with Gasteiger partial charge in [0, 0.05) is 7.05 Å². The summed E-state index contributed by atoms with van der Waals surface area (Å²) in [6, 6.07) is 19.0. The maximum atomic E-state index is 13.4. The van der Waals surface area contributed by atoms with E-state index in [0.29, 0.717) is 6.61 Å². The highest BCUT2D eigenvalue weighted by Crippen LogP contribution is 2.50. The molecule has 0 saturated heterocycles. The van der Waals surface area contributed by atoms with Crippen molar-refractivity contribution in [3.05, 3.63) is 71.3 Å². The Morgan fingerprint density at radius 3 is 2.44 bits per heavy atom. The Morgan fingerprint density at radius 2 is 1.78 bits per heavy atom. The van der Waals surface area contributed by atoms with Crippen molar-refractivity contribution in [1.82, 2.24) is 4.90 Å². The Balaban J connectivity index is 1.44. The first-order chi connectivity index (χ1) is 13.1. The number of benzene rings is 2. The Hall–Kier alpha value is -2.13. The molecule has 2 saturated carbocycles. The molecule has 2 fully saturated rings. The molecular formula is C24H29NO2. The van der Waals surface area contributed by atoms with Gasteiger partial charge in [0.15, 0.2) is 0 Å². The van der Waals surface area contributed by atoms with Crippen molar-refractivity contribution in [2.24, 2.45) is 0 Å². The minimum atomic E-state index is -0.297. The van der Waals surface area contributed by atoms with E-state index in [2.05, 4.69) is 43.3 Å². The van der Waals surface area contributed by atoms with Gasteiger partial charge < -0.3 is 9.64 Å². The number of hydrogen-bond acceptors (Lipinski definition) is 2. The van der Waals surface area contributed by atoms with Crippen LogP contribution >= 0.6 is 0 Å². The molecule has 3 heteroatoms. The van der Waals surface area contributed by atoms with Crippen molar-refractivity contribution in [2.75, 3.05) is 7.05 Å². The zero-order valence-electron chi connectivity index (χ0n) is 16.4. The third kappa shape index (κ3) is 3.66. The lowest BCUT2D eigenvalue weighted by Gasteiger charge is -2.33. The highest BCUT2D eigenvalue weighted by atomic mass is 16.5. The van der Waals surface area contributed by atoms with Crippen LogP contribution in [-0.4, -0.2) is 30.0 Å². The summed E-state index contributed by atoms with van der Waals surface area (Å²) in [6.45, 7) is 2.71. The topological polar surface area (TPSA) is 29.5 Å². The van der Waals surface area contributed by atoms with E-state index in [-0.39, 0.29) is 23.5 Å². The van der Waals surface area contributed by atoms with Gasteiger partial charge in [0.25, 0.3) is 0 Å². The zero-order valence-corrected chi connectivity index (χ0v) is 16.4. The van der Waals surface area contributed by atoms with Crippen molar-refractivity contribution in [2.45, 2.75) is 63.2 Å². The summed E-state index contributed by atoms with van der Waals surface area (Å²) in [4.78, 5) is 15.4. The standard InChI is InChI=1S/C24H29NO2/c1-18-11-13-20(14-12-18)24(15-16-24)23(26)25(2)21-9-6-10-22(21)27-17-19-7-4-3-5-8-19/h3-5,7-8,11-14,21-22H,6,9-10,15-17H2,1-2H3/t21-,22-/m1/s1. The van der Waals surface area contributed by atoms with Gasteiger partial charge in [0.2, 0.25) is 5.91 Å². The maximum absolute atomic E-state index is 13.4. The second-order valence-electron chi connectivity index (χ2n) is 8.20.